The number of pyridine rings is 1. The molecule has 1 amide bonds. The molecule has 0 saturated carbocycles. The third kappa shape index (κ3) is 3.78. The van der Waals surface area contributed by atoms with Gasteiger partial charge in [0.25, 0.3) is 5.91 Å². The molecular weight excluding hydrogens is 424 g/mol. The first-order valence-corrected chi connectivity index (χ1v) is 11.9. The number of nitrogen functional groups attached to an aromatic ring is 1. The standard InChI is InChI=1S/C24H28N4O3S/c1-3-14-10-28(11-19(14)29)17-6-5-15-8-16(12-31-20(15)9-17)27-23(30)22-21(25)18-7-4-13(2)26-24(18)32-22/h4-7,9,14,16,19,29H,3,8,10-12,25H2,1-2H3,(H,27,30)/t14-,16+,19-/m0/s1. The van der Waals surface area contributed by atoms with Gasteiger partial charge >= 0.3 is 0 Å². The van der Waals surface area contributed by atoms with Gasteiger partial charge in [-0.15, -0.1) is 11.3 Å². The molecule has 0 bridgehead atoms. The van der Waals surface area contributed by atoms with Crippen LogP contribution >= 0.6 is 11.3 Å². The number of anilines is 2. The highest BCUT2D eigenvalue weighted by atomic mass is 32.1. The first-order valence-electron chi connectivity index (χ1n) is 11.1. The van der Waals surface area contributed by atoms with Crippen LogP contribution in [0.25, 0.3) is 10.2 Å². The minimum absolute atomic E-state index is 0.127. The lowest BCUT2D eigenvalue weighted by molar-refractivity contribution is 0.0920. The maximum atomic E-state index is 12.9. The van der Waals surface area contributed by atoms with Gasteiger partial charge in [-0.1, -0.05) is 13.0 Å². The molecule has 8 heteroatoms. The summed E-state index contributed by atoms with van der Waals surface area (Å²) in [5, 5.41) is 14.1. The minimum Gasteiger partial charge on any atom is -0.491 e. The number of ether oxygens (including phenoxy) is 1. The second-order valence-electron chi connectivity index (χ2n) is 8.77. The highest BCUT2D eigenvalue weighted by Crippen LogP contribution is 2.34. The zero-order chi connectivity index (χ0) is 22.4. The molecule has 1 saturated heterocycles. The van der Waals surface area contributed by atoms with Gasteiger partial charge in [-0.3, -0.25) is 4.79 Å². The lowest BCUT2D eigenvalue weighted by atomic mass is 10.0. The van der Waals surface area contributed by atoms with Crippen LogP contribution < -0.4 is 20.7 Å². The molecule has 3 atom stereocenters. The summed E-state index contributed by atoms with van der Waals surface area (Å²) in [5.74, 6) is 0.976. The topological polar surface area (TPSA) is 101 Å². The lowest BCUT2D eigenvalue weighted by Gasteiger charge is -2.28. The quantitative estimate of drug-likeness (QED) is 0.562. The third-order valence-corrected chi connectivity index (χ3v) is 7.64. The number of carbonyl (C=O) groups excluding carboxylic acids is 1. The Hall–Kier alpha value is -2.84. The van der Waals surface area contributed by atoms with Crippen LogP contribution in [0.3, 0.4) is 0 Å². The molecule has 0 unspecified atom stereocenters. The van der Waals surface area contributed by atoms with Gasteiger partial charge in [0.05, 0.1) is 17.8 Å². The predicted molar refractivity (Wildman–Crippen MR) is 128 cm³/mol. The summed E-state index contributed by atoms with van der Waals surface area (Å²) in [6, 6.07) is 9.89. The number of nitrogens with two attached hydrogens (primary N) is 1. The number of β-amino-alcohol motifs (C(OH)–C–C–N with tert-alkyl or cyclic N) is 1. The van der Waals surface area contributed by atoms with Gasteiger partial charge < -0.3 is 25.8 Å². The maximum absolute atomic E-state index is 12.9. The van der Waals surface area contributed by atoms with E-state index in [2.05, 4.69) is 40.3 Å². The Kier molecular flexibility index (Phi) is 5.43. The molecule has 0 radical (unpaired) electrons. The number of hydrogen-bond acceptors (Lipinski definition) is 7. The maximum Gasteiger partial charge on any atom is 0.263 e. The van der Waals surface area contributed by atoms with E-state index >= 15 is 0 Å². The number of aliphatic hydroxyl groups is 1. The number of benzene rings is 1. The molecule has 32 heavy (non-hydrogen) atoms. The van der Waals surface area contributed by atoms with Crippen molar-refractivity contribution < 1.29 is 14.6 Å². The van der Waals surface area contributed by atoms with Crippen molar-refractivity contribution in [2.45, 2.75) is 38.8 Å². The van der Waals surface area contributed by atoms with Crippen molar-refractivity contribution in [3.63, 3.8) is 0 Å². The van der Waals surface area contributed by atoms with Crippen LogP contribution in [0.1, 0.15) is 34.3 Å². The first-order chi connectivity index (χ1) is 15.4. The van der Waals surface area contributed by atoms with Crippen molar-refractivity contribution in [2.75, 3.05) is 30.3 Å². The van der Waals surface area contributed by atoms with E-state index in [4.69, 9.17) is 10.5 Å². The Morgan fingerprint density at radius 1 is 1.34 bits per heavy atom. The number of rotatable bonds is 4. The van der Waals surface area contributed by atoms with Crippen molar-refractivity contribution in [1.82, 2.24) is 10.3 Å². The van der Waals surface area contributed by atoms with Crippen molar-refractivity contribution in [3.8, 4) is 5.75 Å². The molecular formula is C24H28N4O3S. The van der Waals surface area contributed by atoms with Gasteiger partial charge in [0.15, 0.2) is 0 Å². The number of nitrogens with zero attached hydrogens (tertiary/aromatic N) is 2. The van der Waals surface area contributed by atoms with Gasteiger partial charge in [0.1, 0.15) is 22.1 Å². The summed E-state index contributed by atoms with van der Waals surface area (Å²) in [7, 11) is 0. The summed E-state index contributed by atoms with van der Waals surface area (Å²) in [5.41, 5.74) is 9.75. The van der Waals surface area contributed by atoms with Crippen LogP contribution in [-0.4, -0.2) is 47.8 Å². The number of fused-ring (bicyclic) bond motifs is 2. The smallest absolute Gasteiger partial charge is 0.263 e. The molecule has 0 aliphatic carbocycles. The monoisotopic (exact) mass is 452 g/mol. The average Bonchev–Trinajstić information content (AvgIpc) is 3.32. The zero-order valence-corrected chi connectivity index (χ0v) is 19.1. The number of aromatic nitrogens is 1. The minimum atomic E-state index is -0.281. The van der Waals surface area contributed by atoms with Crippen LogP contribution in [0.5, 0.6) is 5.75 Å². The van der Waals surface area contributed by atoms with Gasteiger partial charge in [-0.2, -0.15) is 0 Å². The largest absolute Gasteiger partial charge is 0.491 e. The molecule has 2 aromatic heterocycles. The second-order valence-corrected chi connectivity index (χ2v) is 9.77. The Bertz CT molecular complexity index is 1180. The van der Waals surface area contributed by atoms with E-state index in [1.54, 1.807) is 0 Å². The highest BCUT2D eigenvalue weighted by molar-refractivity contribution is 7.21. The molecule has 3 aromatic rings. The molecule has 4 N–H and O–H groups in total. The fraction of sp³-hybridized carbons (Fsp3) is 0.417. The van der Waals surface area contributed by atoms with Gasteiger partial charge in [-0.05, 0) is 43.5 Å². The first kappa shape index (κ1) is 21.0. The van der Waals surface area contributed by atoms with E-state index in [1.165, 1.54) is 11.3 Å². The molecule has 168 valence electrons. The van der Waals surface area contributed by atoms with E-state index in [9.17, 15) is 9.90 Å². The fourth-order valence-corrected chi connectivity index (χ4v) is 5.67. The van der Waals surface area contributed by atoms with Crippen LogP contribution in [0.2, 0.25) is 0 Å². The normalized spacial score (nSPS) is 22.6. The second kappa shape index (κ2) is 8.26. The summed E-state index contributed by atoms with van der Waals surface area (Å²) in [6.45, 7) is 5.96. The predicted octanol–water partition coefficient (Wildman–Crippen LogP) is 3.13. The van der Waals surface area contributed by atoms with Gasteiger partial charge in [0, 0.05) is 41.8 Å². The molecule has 2 aliphatic heterocycles. The van der Waals surface area contributed by atoms with Gasteiger partial charge in [0.2, 0.25) is 0 Å². The van der Waals surface area contributed by atoms with E-state index in [-0.39, 0.29) is 18.1 Å². The van der Waals surface area contributed by atoms with Crippen molar-refractivity contribution in [2.24, 2.45) is 5.92 Å². The van der Waals surface area contributed by atoms with Crippen LogP contribution in [-0.2, 0) is 6.42 Å². The summed E-state index contributed by atoms with van der Waals surface area (Å²) in [4.78, 5) is 20.9. The van der Waals surface area contributed by atoms with E-state index < -0.39 is 0 Å². The number of thiophene rings is 1. The average molecular weight is 453 g/mol. The van der Waals surface area contributed by atoms with E-state index in [0.29, 0.717) is 36.1 Å². The summed E-state index contributed by atoms with van der Waals surface area (Å²) >= 11 is 1.32. The molecule has 4 heterocycles. The summed E-state index contributed by atoms with van der Waals surface area (Å²) < 4.78 is 6.01. The molecule has 2 aliphatic rings. The highest BCUT2D eigenvalue weighted by Gasteiger charge is 2.31. The number of hydrogen-bond donors (Lipinski definition) is 3. The Labute approximate surface area is 191 Å². The molecule has 1 aromatic carbocycles. The Morgan fingerprint density at radius 2 is 2.19 bits per heavy atom. The van der Waals surface area contributed by atoms with Crippen LogP contribution in [0.4, 0.5) is 11.4 Å². The Morgan fingerprint density at radius 3 is 2.97 bits per heavy atom. The van der Waals surface area contributed by atoms with Gasteiger partial charge in [-0.25, -0.2) is 4.98 Å². The van der Waals surface area contributed by atoms with E-state index in [1.807, 2.05) is 19.1 Å². The van der Waals surface area contributed by atoms with Crippen LogP contribution in [0.15, 0.2) is 30.3 Å². The lowest BCUT2D eigenvalue weighted by Crippen LogP contribution is -2.42. The van der Waals surface area contributed by atoms with E-state index in [0.717, 1.165) is 45.9 Å². The van der Waals surface area contributed by atoms with Crippen molar-refractivity contribution in [3.05, 3.63) is 46.5 Å². The number of amides is 1. The number of carbonyl (C=O) groups is 1. The zero-order valence-electron chi connectivity index (χ0n) is 18.3. The Balaban J connectivity index is 1.28. The van der Waals surface area contributed by atoms with Crippen molar-refractivity contribution in [1.29, 1.82) is 0 Å². The third-order valence-electron chi connectivity index (χ3n) is 6.53. The number of aryl methyl sites for hydroxylation is 1. The SMILES string of the molecule is CC[C@H]1CN(c2ccc3c(c2)OC[C@H](NC(=O)c2sc4nc(C)ccc4c2N)C3)C[C@@H]1O. The summed E-state index contributed by atoms with van der Waals surface area (Å²) in [6.07, 6.45) is 1.39. The number of aliphatic hydroxyl groups excluding tert-OH is 1. The fourth-order valence-electron chi connectivity index (χ4n) is 4.63. The van der Waals surface area contributed by atoms with Crippen LogP contribution in [0, 0.1) is 12.8 Å². The number of nitrogens with one attached hydrogen (secondary N) is 1. The molecule has 1 fully saturated rings. The molecule has 0 spiro atoms. The molecule has 7 nitrogen and oxygen atoms in total. The van der Waals surface area contributed by atoms with Crippen molar-refractivity contribution >= 4 is 38.8 Å². The molecule has 5 rings (SSSR count).